The second-order valence-electron chi connectivity index (χ2n) is 8.51. The molecule has 0 radical (unpaired) electrons. The Bertz CT molecular complexity index is 627. The maximum atomic E-state index is 6.05. The summed E-state index contributed by atoms with van der Waals surface area (Å²) in [7, 11) is 0. The summed E-state index contributed by atoms with van der Waals surface area (Å²) >= 11 is 1.82. The molecule has 2 aliphatic carbocycles. The minimum Gasteiger partial charge on any atom is -0.377 e. The average molecular weight is 489 g/mol. The van der Waals surface area contributed by atoms with Gasteiger partial charge in [-0.3, -0.25) is 4.99 Å². The van der Waals surface area contributed by atoms with Crippen LogP contribution in [0, 0.1) is 11.3 Å². The molecule has 0 amide bonds. The van der Waals surface area contributed by atoms with E-state index in [-0.39, 0.29) is 29.4 Å². The number of nitrogens with one attached hydrogen (secondary N) is 2. The molecule has 146 valence electrons. The first kappa shape index (κ1) is 20.4. The third-order valence-electron chi connectivity index (χ3n) is 6.49. The third-order valence-corrected chi connectivity index (χ3v) is 7.73. The van der Waals surface area contributed by atoms with E-state index in [9.17, 15) is 0 Å². The van der Waals surface area contributed by atoms with Crippen molar-refractivity contribution < 1.29 is 4.74 Å². The second kappa shape index (κ2) is 7.95. The quantitative estimate of drug-likeness (QED) is 0.371. The Morgan fingerprint density at radius 2 is 2.23 bits per heavy atom. The van der Waals surface area contributed by atoms with Gasteiger partial charge in [0.25, 0.3) is 0 Å². The summed E-state index contributed by atoms with van der Waals surface area (Å²) in [5.41, 5.74) is 0.462. The lowest BCUT2D eigenvalue weighted by Crippen LogP contribution is -2.72. The molecule has 3 atom stereocenters. The van der Waals surface area contributed by atoms with Gasteiger partial charge in [0.05, 0.1) is 12.6 Å². The highest BCUT2D eigenvalue weighted by atomic mass is 127. The fourth-order valence-electron chi connectivity index (χ4n) is 4.94. The van der Waals surface area contributed by atoms with Crippen molar-refractivity contribution in [3.8, 4) is 0 Å². The number of hydrogen-bond donors (Lipinski definition) is 2. The van der Waals surface area contributed by atoms with Gasteiger partial charge in [0, 0.05) is 40.8 Å². The standard InChI is InChI=1S/C20H31N3OS.HI/c1-4-21-18(22-13-19(2,3)15-7-5-12-25-15)23-16-14-8-11-24-17(14)20(16)9-6-10-20;/h5,7,12,14,16-17H,4,6,8-11,13H2,1-3H3,(H2,21,22,23);1H. The molecule has 0 bridgehead atoms. The molecule has 1 aliphatic heterocycles. The van der Waals surface area contributed by atoms with Crippen molar-refractivity contribution in [2.45, 2.75) is 64.0 Å². The number of hydrogen-bond acceptors (Lipinski definition) is 3. The summed E-state index contributed by atoms with van der Waals surface area (Å²) in [6.07, 6.45) is 5.68. The minimum absolute atomic E-state index is 0. The lowest BCUT2D eigenvalue weighted by atomic mass is 9.46. The van der Waals surface area contributed by atoms with Gasteiger partial charge in [-0.1, -0.05) is 26.3 Å². The van der Waals surface area contributed by atoms with Crippen LogP contribution in [0.5, 0.6) is 0 Å². The van der Waals surface area contributed by atoms with Crippen molar-refractivity contribution in [1.82, 2.24) is 10.6 Å². The summed E-state index contributed by atoms with van der Waals surface area (Å²) in [6.45, 7) is 9.34. The van der Waals surface area contributed by atoms with Gasteiger partial charge >= 0.3 is 0 Å². The van der Waals surface area contributed by atoms with E-state index in [2.05, 4.69) is 48.9 Å². The Labute approximate surface area is 178 Å². The van der Waals surface area contributed by atoms with E-state index in [1.54, 1.807) is 0 Å². The number of thiophene rings is 1. The second-order valence-corrected chi connectivity index (χ2v) is 9.46. The predicted octanol–water partition coefficient (Wildman–Crippen LogP) is 4.16. The molecule has 4 nitrogen and oxygen atoms in total. The summed E-state index contributed by atoms with van der Waals surface area (Å²) < 4.78 is 6.05. The fourth-order valence-corrected chi connectivity index (χ4v) is 5.79. The van der Waals surface area contributed by atoms with Gasteiger partial charge in [-0.25, -0.2) is 0 Å². The van der Waals surface area contributed by atoms with Crippen molar-refractivity contribution in [2.75, 3.05) is 19.7 Å². The van der Waals surface area contributed by atoms with E-state index in [1.165, 1.54) is 30.6 Å². The molecule has 1 aromatic rings. The first-order chi connectivity index (χ1) is 12.1. The van der Waals surface area contributed by atoms with Crippen molar-refractivity contribution in [2.24, 2.45) is 16.3 Å². The Balaban J connectivity index is 0.00000196. The first-order valence-electron chi connectivity index (χ1n) is 9.77. The Kier molecular flexibility index (Phi) is 6.24. The summed E-state index contributed by atoms with van der Waals surface area (Å²) in [4.78, 5) is 6.36. The zero-order valence-corrected chi connectivity index (χ0v) is 19.2. The van der Waals surface area contributed by atoms with Gasteiger partial charge in [-0.2, -0.15) is 0 Å². The molecule has 1 saturated heterocycles. The van der Waals surface area contributed by atoms with Gasteiger partial charge in [0.1, 0.15) is 0 Å². The zero-order valence-electron chi connectivity index (χ0n) is 16.1. The SMILES string of the molecule is CCNC(=NCC(C)(C)c1cccs1)NC1C2CCOC2C12CCC2.I. The van der Waals surface area contributed by atoms with E-state index in [0.29, 0.717) is 23.5 Å². The van der Waals surface area contributed by atoms with Gasteiger partial charge in [0.15, 0.2) is 5.96 Å². The maximum absolute atomic E-state index is 6.05. The number of aliphatic imine (C=N–C) groups is 1. The van der Waals surface area contributed by atoms with Crippen LogP contribution in [0.2, 0.25) is 0 Å². The molecule has 3 aliphatic rings. The molecule has 3 fully saturated rings. The molecular formula is C20H32IN3OS. The maximum Gasteiger partial charge on any atom is 0.191 e. The van der Waals surface area contributed by atoms with Crippen LogP contribution < -0.4 is 10.6 Å². The number of ether oxygens (including phenoxy) is 1. The van der Waals surface area contributed by atoms with Crippen LogP contribution in [0.25, 0.3) is 0 Å². The van der Waals surface area contributed by atoms with Crippen LogP contribution in [0.15, 0.2) is 22.5 Å². The van der Waals surface area contributed by atoms with Crippen molar-refractivity contribution >= 4 is 41.3 Å². The first-order valence-corrected chi connectivity index (χ1v) is 10.7. The number of nitrogens with zero attached hydrogens (tertiary/aromatic N) is 1. The molecule has 2 saturated carbocycles. The highest BCUT2D eigenvalue weighted by Gasteiger charge is 2.66. The van der Waals surface area contributed by atoms with E-state index in [1.807, 2.05) is 11.3 Å². The molecule has 4 rings (SSSR count). The van der Waals surface area contributed by atoms with Crippen LogP contribution in [0.3, 0.4) is 0 Å². The molecular weight excluding hydrogens is 457 g/mol. The van der Waals surface area contributed by atoms with Crippen molar-refractivity contribution in [3.63, 3.8) is 0 Å². The number of fused-ring (bicyclic) bond motifs is 2. The highest BCUT2D eigenvalue weighted by molar-refractivity contribution is 14.0. The average Bonchev–Trinajstić information content (AvgIpc) is 3.19. The van der Waals surface area contributed by atoms with E-state index >= 15 is 0 Å². The largest absolute Gasteiger partial charge is 0.377 e. The van der Waals surface area contributed by atoms with Crippen LogP contribution in [0.4, 0.5) is 0 Å². The van der Waals surface area contributed by atoms with E-state index in [4.69, 9.17) is 9.73 Å². The van der Waals surface area contributed by atoms with Gasteiger partial charge in [-0.15, -0.1) is 35.3 Å². The monoisotopic (exact) mass is 489 g/mol. The molecule has 2 N–H and O–H groups in total. The molecule has 3 unspecified atom stereocenters. The molecule has 1 aromatic heterocycles. The molecule has 1 spiro atoms. The van der Waals surface area contributed by atoms with Gasteiger partial charge in [0.2, 0.25) is 0 Å². The molecule has 6 heteroatoms. The van der Waals surface area contributed by atoms with Crippen LogP contribution in [-0.2, 0) is 10.2 Å². The topological polar surface area (TPSA) is 45.7 Å². The molecule has 26 heavy (non-hydrogen) atoms. The summed E-state index contributed by atoms with van der Waals surface area (Å²) in [5, 5.41) is 9.42. The Hall–Kier alpha value is -0.340. The third kappa shape index (κ3) is 3.41. The van der Waals surface area contributed by atoms with Gasteiger partial charge in [-0.05, 0) is 37.6 Å². The number of guanidine groups is 1. The summed E-state index contributed by atoms with van der Waals surface area (Å²) in [6, 6.07) is 4.89. The van der Waals surface area contributed by atoms with Crippen molar-refractivity contribution in [1.29, 1.82) is 0 Å². The highest BCUT2D eigenvalue weighted by Crippen LogP contribution is 2.62. The Morgan fingerprint density at radius 3 is 2.85 bits per heavy atom. The molecule has 2 heterocycles. The Morgan fingerprint density at radius 1 is 1.42 bits per heavy atom. The van der Waals surface area contributed by atoms with Gasteiger partial charge < -0.3 is 15.4 Å². The predicted molar refractivity (Wildman–Crippen MR) is 120 cm³/mol. The van der Waals surface area contributed by atoms with Crippen LogP contribution in [0.1, 0.15) is 51.3 Å². The normalized spacial score (nSPS) is 29.3. The van der Waals surface area contributed by atoms with Crippen molar-refractivity contribution in [3.05, 3.63) is 22.4 Å². The van der Waals surface area contributed by atoms with E-state index < -0.39 is 0 Å². The van der Waals surface area contributed by atoms with E-state index in [0.717, 1.165) is 25.7 Å². The molecule has 0 aromatic carbocycles. The van der Waals surface area contributed by atoms with Crippen LogP contribution in [-0.4, -0.2) is 37.8 Å². The minimum atomic E-state index is 0. The number of halogens is 1. The van der Waals surface area contributed by atoms with Crippen LogP contribution >= 0.6 is 35.3 Å². The fraction of sp³-hybridized carbons (Fsp3) is 0.750. The lowest BCUT2D eigenvalue weighted by Gasteiger charge is -2.63. The number of rotatable bonds is 5. The zero-order chi connectivity index (χ0) is 17.5. The summed E-state index contributed by atoms with van der Waals surface area (Å²) in [5.74, 6) is 1.66. The lowest BCUT2D eigenvalue weighted by molar-refractivity contribution is -0.171. The smallest absolute Gasteiger partial charge is 0.191 e.